The van der Waals surface area contributed by atoms with E-state index in [2.05, 4.69) is 5.32 Å². The second-order valence-electron chi connectivity index (χ2n) is 5.06. The zero-order chi connectivity index (χ0) is 16.7. The Morgan fingerprint density at radius 3 is 2.41 bits per heavy atom. The van der Waals surface area contributed by atoms with Crippen molar-refractivity contribution in [1.82, 2.24) is 4.90 Å². The molecule has 1 aromatic carbocycles. The van der Waals surface area contributed by atoms with E-state index in [1.165, 1.54) is 0 Å². The van der Waals surface area contributed by atoms with Gasteiger partial charge < -0.3 is 16.0 Å². The molecule has 0 aromatic heterocycles. The van der Waals surface area contributed by atoms with Gasteiger partial charge in [-0.15, -0.1) is 0 Å². The third-order valence-electron chi connectivity index (χ3n) is 3.45. The summed E-state index contributed by atoms with van der Waals surface area (Å²) in [4.78, 5) is 25.9. The number of benzene rings is 1. The fourth-order valence-corrected chi connectivity index (χ4v) is 2.39. The van der Waals surface area contributed by atoms with Crippen LogP contribution in [0.5, 0.6) is 0 Å². The summed E-state index contributed by atoms with van der Waals surface area (Å²) in [6.45, 7) is 7.04. The smallest absolute Gasteiger partial charge is 0.255 e. The molecule has 0 saturated carbocycles. The number of nitrogens with two attached hydrogens (primary N) is 1. The van der Waals surface area contributed by atoms with Crippen LogP contribution >= 0.6 is 11.6 Å². The summed E-state index contributed by atoms with van der Waals surface area (Å²) in [6, 6.07) is 4.33. The highest BCUT2D eigenvalue weighted by Gasteiger charge is 2.17. The van der Waals surface area contributed by atoms with Crippen molar-refractivity contribution in [1.29, 1.82) is 0 Å². The maximum Gasteiger partial charge on any atom is 0.255 e. The number of halogens is 1. The van der Waals surface area contributed by atoms with Gasteiger partial charge in [0.1, 0.15) is 0 Å². The van der Waals surface area contributed by atoms with E-state index in [1.54, 1.807) is 23.1 Å². The second-order valence-corrected chi connectivity index (χ2v) is 5.46. The van der Waals surface area contributed by atoms with Crippen molar-refractivity contribution in [3.63, 3.8) is 0 Å². The Hall–Kier alpha value is -1.59. The van der Waals surface area contributed by atoms with Crippen LogP contribution in [0.1, 0.15) is 44.0 Å². The first-order chi connectivity index (χ1) is 10.4. The molecule has 22 heavy (non-hydrogen) atoms. The summed E-state index contributed by atoms with van der Waals surface area (Å²) in [5, 5.41) is 3.04. The van der Waals surface area contributed by atoms with Gasteiger partial charge in [0.05, 0.1) is 16.6 Å². The van der Waals surface area contributed by atoms with E-state index in [4.69, 9.17) is 17.3 Å². The molecule has 0 radical (unpaired) electrons. The van der Waals surface area contributed by atoms with Gasteiger partial charge in [-0.05, 0) is 38.5 Å². The molecule has 1 atom stereocenters. The fourth-order valence-electron chi connectivity index (χ4n) is 2.12. The van der Waals surface area contributed by atoms with Crippen molar-refractivity contribution in [3.8, 4) is 0 Å². The fraction of sp³-hybridized carbons (Fsp3) is 0.500. The van der Waals surface area contributed by atoms with Crippen LogP contribution in [-0.2, 0) is 4.79 Å². The summed E-state index contributed by atoms with van der Waals surface area (Å²) in [7, 11) is 0. The minimum absolute atomic E-state index is 0.115. The number of carbonyl (C=O) groups excluding carboxylic acids is 2. The van der Waals surface area contributed by atoms with Gasteiger partial charge in [0.25, 0.3) is 5.91 Å². The minimum Gasteiger partial charge on any atom is -0.339 e. The number of amides is 2. The van der Waals surface area contributed by atoms with E-state index in [9.17, 15) is 9.59 Å². The maximum atomic E-state index is 12.3. The number of hydrogen-bond donors (Lipinski definition) is 2. The molecule has 0 saturated heterocycles. The summed E-state index contributed by atoms with van der Waals surface area (Å²) < 4.78 is 0. The molecule has 2 amide bonds. The van der Waals surface area contributed by atoms with Crippen LogP contribution in [0.15, 0.2) is 18.2 Å². The predicted octanol–water partition coefficient (Wildman–Crippen LogP) is 2.89. The standard InChI is InChI=1S/C16H24ClN3O2/c1-4-7-14(18)15(21)19-11-8-9-12(13(17)10-11)16(22)20(5-2)6-3/h8-10,14H,4-7,18H2,1-3H3,(H,19,21). The lowest BCUT2D eigenvalue weighted by Gasteiger charge is -2.19. The molecule has 1 aromatic rings. The lowest BCUT2D eigenvalue weighted by molar-refractivity contribution is -0.117. The average molecular weight is 326 g/mol. The van der Waals surface area contributed by atoms with Crippen LogP contribution in [0.2, 0.25) is 5.02 Å². The Balaban J connectivity index is 2.86. The molecule has 0 aliphatic heterocycles. The molecule has 1 rings (SSSR count). The Kier molecular flexibility index (Phi) is 7.35. The van der Waals surface area contributed by atoms with E-state index in [1.807, 2.05) is 20.8 Å². The monoisotopic (exact) mass is 325 g/mol. The lowest BCUT2D eigenvalue weighted by Crippen LogP contribution is -2.35. The SMILES string of the molecule is CCCC(N)C(=O)Nc1ccc(C(=O)N(CC)CC)c(Cl)c1. The first-order valence-electron chi connectivity index (χ1n) is 7.59. The molecule has 0 aliphatic rings. The third kappa shape index (κ3) is 4.71. The summed E-state index contributed by atoms with van der Waals surface area (Å²) in [5.41, 5.74) is 6.73. The van der Waals surface area contributed by atoms with Crippen LogP contribution < -0.4 is 11.1 Å². The van der Waals surface area contributed by atoms with Gasteiger partial charge in [0.2, 0.25) is 5.91 Å². The van der Waals surface area contributed by atoms with Crippen molar-refractivity contribution in [2.24, 2.45) is 5.73 Å². The average Bonchev–Trinajstić information content (AvgIpc) is 2.48. The molecule has 0 heterocycles. The third-order valence-corrected chi connectivity index (χ3v) is 3.77. The number of carbonyl (C=O) groups is 2. The molecule has 5 nitrogen and oxygen atoms in total. The molecule has 0 fully saturated rings. The van der Waals surface area contributed by atoms with Gasteiger partial charge in [-0.25, -0.2) is 0 Å². The van der Waals surface area contributed by atoms with Crippen molar-refractivity contribution in [2.75, 3.05) is 18.4 Å². The first-order valence-corrected chi connectivity index (χ1v) is 7.97. The second kappa shape index (κ2) is 8.76. The van der Waals surface area contributed by atoms with Gasteiger partial charge in [-0.3, -0.25) is 9.59 Å². The Bertz CT molecular complexity index is 530. The van der Waals surface area contributed by atoms with Crippen molar-refractivity contribution in [3.05, 3.63) is 28.8 Å². The summed E-state index contributed by atoms with van der Waals surface area (Å²) in [6.07, 6.45) is 1.46. The molecule has 0 spiro atoms. The van der Waals surface area contributed by atoms with Crippen LogP contribution in [0.25, 0.3) is 0 Å². The van der Waals surface area contributed by atoms with Crippen molar-refractivity contribution in [2.45, 2.75) is 39.7 Å². The normalized spacial score (nSPS) is 11.9. The molecular formula is C16H24ClN3O2. The summed E-state index contributed by atoms with van der Waals surface area (Å²) >= 11 is 6.18. The van der Waals surface area contributed by atoms with Gasteiger partial charge in [-0.1, -0.05) is 24.9 Å². The number of rotatable bonds is 7. The van der Waals surface area contributed by atoms with Crippen molar-refractivity contribution >= 4 is 29.1 Å². The van der Waals surface area contributed by atoms with Crippen molar-refractivity contribution < 1.29 is 9.59 Å². The molecule has 6 heteroatoms. The van der Waals surface area contributed by atoms with E-state index in [0.717, 1.165) is 6.42 Å². The van der Waals surface area contributed by atoms with Gasteiger partial charge in [-0.2, -0.15) is 0 Å². The van der Waals surface area contributed by atoms with E-state index >= 15 is 0 Å². The highest BCUT2D eigenvalue weighted by atomic mass is 35.5. The molecule has 3 N–H and O–H groups in total. The first kappa shape index (κ1) is 18.5. The molecule has 0 aliphatic carbocycles. The molecule has 122 valence electrons. The largest absolute Gasteiger partial charge is 0.339 e. The number of nitrogens with one attached hydrogen (secondary N) is 1. The summed E-state index contributed by atoms with van der Waals surface area (Å²) in [5.74, 6) is -0.365. The molecule has 1 unspecified atom stereocenters. The molecular weight excluding hydrogens is 302 g/mol. The van der Waals surface area contributed by atoms with E-state index in [-0.39, 0.29) is 11.8 Å². The van der Waals surface area contributed by atoms with Crippen LogP contribution in [0, 0.1) is 0 Å². The Morgan fingerprint density at radius 1 is 1.27 bits per heavy atom. The zero-order valence-electron chi connectivity index (χ0n) is 13.4. The Labute approximate surface area is 136 Å². The van der Waals surface area contributed by atoms with E-state index in [0.29, 0.717) is 35.8 Å². The topological polar surface area (TPSA) is 75.4 Å². The Morgan fingerprint density at radius 2 is 1.91 bits per heavy atom. The maximum absolute atomic E-state index is 12.3. The highest BCUT2D eigenvalue weighted by Crippen LogP contribution is 2.22. The van der Waals surface area contributed by atoms with Crippen LogP contribution in [0.3, 0.4) is 0 Å². The van der Waals surface area contributed by atoms with Gasteiger partial charge >= 0.3 is 0 Å². The van der Waals surface area contributed by atoms with Crippen LogP contribution in [0.4, 0.5) is 5.69 Å². The quantitative estimate of drug-likeness (QED) is 0.809. The minimum atomic E-state index is -0.541. The predicted molar refractivity (Wildman–Crippen MR) is 90.2 cm³/mol. The zero-order valence-corrected chi connectivity index (χ0v) is 14.1. The molecule has 0 bridgehead atoms. The van der Waals surface area contributed by atoms with E-state index < -0.39 is 6.04 Å². The number of hydrogen-bond acceptors (Lipinski definition) is 3. The number of nitrogens with zero attached hydrogens (tertiary/aromatic N) is 1. The lowest BCUT2D eigenvalue weighted by atomic mass is 10.1. The number of anilines is 1. The highest BCUT2D eigenvalue weighted by molar-refractivity contribution is 6.34. The van der Waals surface area contributed by atoms with Gasteiger partial charge in [0.15, 0.2) is 0 Å². The van der Waals surface area contributed by atoms with Gasteiger partial charge in [0, 0.05) is 18.8 Å². The van der Waals surface area contributed by atoms with Crippen LogP contribution in [-0.4, -0.2) is 35.8 Å².